The van der Waals surface area contributed by atoms with Gasteiger partial charge in [0.2, 0.25) is 10.0 Å². The Hall–Kier alpha value is -2.28. The summed E-state index contributed by atoms with van der Waals surface area (Å²) in [6.07, 6.45) is 3.27. The Bertz CT molecular complexity index is 919. The van der Waals surface area contributed by atoms with Crippen molar-refractivity contribution in [1.82, 2.24) is 9.71 Å². The molecular weight excluding hydrogens is 340 g/mol. The topological polar surface area (TPSA) is 59.1 Å². The highest BCUT2D eigenvalue weighted by Gasteiger charge is 2.07. The number of thiophene rings is 1. The summed E-state index contributed by atoms with van der Waals surface area (Å²) < 4.78 is 26.7. The Morgan fingerprint density at radius 2 is 1.92 bits per heavy atom. The number of nitrogens with one attached hydrogen (secondary N) is 1. The SMILES string of the molecule is O=S(=O)(/C=C/c1ccccc1)NCc1ccnc(-c2cccs2)c1. The van der Waals surface area contributed by atoms with Gasteiger partial charge in [-0.15, -0.1) is 11.3 Å². The second-order valence-corrected chi connectivity index (χ2v) is 7.70. The van der Waals surface area contributed by atoms with Crippen LogP contribution in [0.15, 0.2) is 71.6 Å². The van der Waals surface area contributed by atoms with Gasteiger partial charge in [0.05, 0.1) is 10.6 Å². The molecule has 0 unspecified atom stereocenters. The lowest BCUT2D eigenvalue weighted by atomic mass is 10.2. The van der Waals surface area contributed by atoms with E-state index in [0.29, 0.717) is 0 Å². The molecule has 0 fully saturated rings. The molecule has 4 nitrogen and oxygen atoms in total. The predicted molar refractivity (Wildman–Crippen MR) is 98.8 cm³/mol. The van der Waals surface area contributed by atoms with E-state index in [0.717, 1.165) is 21.7 Å². The molecule has 122 valence electrons. The number of benzene rings is 1. The molecule has 1 aromatic carbocycles. The first-order valence-corrected chi connectivity index (χ1v) is 9.77. The van der Waals surface area contributed by atoms with E-state index >= 15 is 0 Å². The molecule has 0 atom stereocenters. The zero-order chi connectivity index (χ0) is 16.8. The molecule has 6 heteroatoms. The summed E-state index contributed by atoms with van der Waals surface area (Å²) in [5.74, 6) is 0. The maximum Gasteiger partial charge on any atom is 0.234 e. The zero-order valence-electron chi connectivity index (χ0n) is 12.8. The normalized spacial score (nSPS) is 11.8. The molecule has 0 saturated carbocycles. The molecule has 1 N–H and O–H groups in total. The monoisotopic (exact) mass is 356 g/mol. The van der Waals surface area contributed by atoms with Gasteiger partial charge in [-0.2, -0.15) is 0 Å². The number of hydrogen-bond donors (Lipinski definition) is 1. The van der Waals surface area contributed by atoms with Crippen LogP contribution in [0.25, 0.3) is 16.6 Å². The van der Waals surface area contributed by atoms with Gasteiger partial charge < -0.3 is 0 Å². The molecule has 2 heterocycles. The van der Waals surface area contributed by atoms with Crippen molar-refractivity contribution >= 4 is 27.4 Å². The highest BCUT2D eigenvalue weighted by atomic mass is 32.2. The molecule has 0 saturated heterocycles. The van der Waals surface area contributed by atoms with Crippen molar-refractivity contribution in [3.63, 3.8) is 0 Å². The lowest BCUT2D eigenvalue weighted by molar-refractivity contribution is 0.591. The first-order chi connectivity index (χ1) is 11.6. The van der Waals surface area contributed by atoms with Crippen LogP contribution in [0.1, 0.15) is 11.1 Å². The minimum Gasteiger partial charge on any atom is -0.255 e. The molecule has 0 aliphatic carbocycles. The van der Waals surface area contributed by atoms with Gasteiger partial charge in [-0.25, -0.2) is 13.1 Å². The van der Waals surface area contributed by atoms with Gasteiger partial charge in [-0.05, 0) is 40.8 Å². The predicted octanol–water partition coefficient (Wildman–Crippen LogP) is 3.90. The number of sulfonamides is 1. The summed E-state index contributed by atoms with van der Waals surface area (Å²) in [6, 6.07) is 17.0. The Balaban J connectivity index is 1.67. The number of hydrogen-bond acceptors (Lipinski definition) is 4. The van der Waals surface area contributed by atoms with Crippen molar-refractivity contribution in [1.29, 1.82) is 0 Å². The molecule has 0 spiro atoms. The molecule has 3 rings (SSSR count). The Morgan fingerprint density at radius 1 is 1.08 bits per heavy atom. The fourth-order valence-corrected chi connectivity index (χ4v) is 3.60. The third-order valence-electron chi connectivity index (χ3n) is 3.31. The van der Waals surface area contributed by atoms with Gasteiger partial charge in [0.25, 0.3) is 0 Å². The molecule has 2 aromatic heterocycles. The second kappa shape index (κ2) is 7.53. The van der Waals surface area contributed by atoms with Crippen LogP contribution in [0, 0.1) is 0 Å². The third kappa shape index (κ3) is 4.61. The molecule has 0 aliphatic rings. The molecular formula is C18H16N2O2S2. The minimum atomic E-state index is -3.49. The summed E-state index contributed by atoms with van der Waals surface area (Å²) in [7, 11) is -3.49. The van der Waals surface area contributed by atoms with Gasteiger partial charge in [0, 0.05) is 18.1 Å². The second-order valence-electron chi connectivity index (χ2n) is 5.11. The Labute approximate surface area is 145 Å². The quantitative estimate of drug-likeness (QED) is 0.729. The van der Waals surface area contributed by atoms with E-state index in [1.807, 2.05) is 53.9 Å². The van der Waals surface area contributed by atoms with Crippen LogP contribution in [0.2, 0.25) is 0 Å². The van der Waals surface area contributed by atoms with Gasteiger partial charge in [0.15, 0.2) is 0 Å². The van der Waals surface area contributed by atoms with Crippen molar-refractivity contribution < 1.29 is 8.42 Å². The lowest BCUT2D eigenvalue weighted by Gasteiger charge is -2.05. The summed E-state index contributed by atoms with van der Waals surface area (Å²) >= 11 is 1.60. The molecule has 0 aliphatic heterocycles. The Kier molecular flexibility index (Phi) is 5.20. The fourth-order valence-electron chi connectivity index (χ4n) is 2.11. The van der Waals surface area contributed by atoms with Crippen LogP contribution in [-0.2, 0) is 16.6 Å². The third-order valence-corrected chi connectivity index (χ3v) is 5.25. The molecule has 3 aromatic rings. The van der Waals surface area contributed by atoms with Crippen LogP contribution in [0.5, 0.6) is 0 Å². The summed E-state index contributed by atoms with van der Waals surface area (Å²) in [6.45, 7) is 0.225. The molecule has 0 amide bonds. The van der Waals surface area contributed by atoms with Gasteiger partial charge in [0.1, 0.15) is 0 Å². The zero-order valence-corrected chi connectivity index (χ0v) is 14.4. The highest BCUT2D eigenvalue weighted by Crippen LogP contribution is 2.23. The lowest BCUT2D eigenvalue weighted by Crippen LogP contribution is -2.20. The van der Waals surface area contributed by atoms with Crippen LogP contribution < -0.4 is 4.72 Å². The van der Waals surface area contributed by atoms with Crippen LogP contribution >= 0.6 is 11.3 Å². The van der Waals surface area contributed by atoms with E-state index in [2.05, 4.69) is 9.71 Å². The Morgan fingerprint density at radius 3 is 2.67 bits per heavy atom. The van der Waals surface area contributed by atoms with Crippen molar-refractivity contribution in [2.75, 3.05) is 0 Å². The average molecular weight is 356 g/mol. The van der Waals surface area contributed by atoms with Gasteiger partial charge in [-0.1, -0.05) is 36.4 Å². The average Bonchev–Trinajstić information content (AvgIpc) is 3.14. The summed E-state index contributed by atoms with van der Waals surface area (Å²) in [5.41, 5.74) is 2.55. The van der Waals surface area contributed by atoms with Gasteiger partial charge >= 0.3 is 0 Å². The van der Waals surface area contributed by atoms with Crippen LogP contribution in [-0.4, -0.2) is 13.4 Å². The molecule has 0 bridgehead atoms. The van der Waals surface area contributed by atoms with E-state index in [-0.39, 0.29) is 6.54 Å². The van der Waals surface area contributed by atoms with E-state index in [9.17, 15) is 8.42 Å². The van der Waals surface area contributed by atoms with Crippen LogP contribution in [0.3, 0.4) is 0 Å². The maximum absolute atomic E-state index is 12.1. The number of nitrogens with zero attached hydrogens (tertiary/aromatic N) is 1. The van der Waals surface area contributed by atoms with Gasteiger partial charge in [-0.3, -0.25) is 4.98 Å². The highest BCUT2D eigenvalue weighted by molar-refractivity contribution is 7.92. The van der Waals surface area contributed by atoms with Crippen molar-refractivity contribution in [3.05, 3.63) is 82.7 Å². The van der Waals surface area contributed by atoms with Crippen molar-refractivity contribution in [3.8, 4) is 10.6 Å². The first-order valence-electron chi connectivity index (χ1n) is 7.34. The van der Waals surface area contributed by atoms with Crippen LogP contribution in [0.4, 0.5) is 0 Å². The standard InChI is InChI=1S/C18H16N2O2S2/c21-24(22,12-9-15-5-2-1-3-6-15)20-14-16-8-10-19-17(13-16)18-7-4-11-23-18/h1-13,20H,14H2/b12-9+. The van der Waals surface area contributed by atoms with E-state index in [1.165, 1.54) is 5.41 Å². The number of rotatable bonds is 6. The first kappa shape index (κ1) is 16.6. The fraction of sp³-hybridized carbons (Fsp3) is 0.0556. The molecule has 0 radical (unpaired) electrons. The summed E-state index contributed by atoms with van der Waals surface area (Å²) in [5, 5.41) is 3.17. The number of aromatic nitrogens is 1. The van der Waals surface area contributed by atoms with E-state index in [1.54, 1.807) is 29.7 Å². The smallest absolute Gasteiger partial charge is 0.234 e. The summed E-state index contributed by atoms with van der Waals surface area (Å²) in [4.78, 5) is 5.38. The minimum absolute atomic E-state index is 0.225. The molecule has 24 heavy (non-hydrogen) atoms. The number of pyridine rings is 1. The maximum atomic E-state index is 12.1. The van der Waals surface area contributed by atoms with Crippen molar-refractivity contribution in [2.24, 2.45) is 0 Å². The van der Waals surface area contributed by atoms with Crippen molar-refractivity contribution in [2.45, 2.75) is 6.54 Å². The largest absolute Gasteiger partial charge is 0.255 e. The van der Waals surface area contributed by atoms with E-state index in [4.69, 9.17) is 0 Å². The van der Waals surface area contributed by atoms with E-state index < -0.39 is 10.0 Å².